The molecule has 0 aliphatic carbocycles. The largest absolute Gasteiger partial charge is 0.305 e. The van der Waals surface area contributed by atoms with Gasteiger partial charge in [-0.15, -0.1) is 10.2 Å². The fraction of sp³-hybridized carbons (Fsp3) is 0.818. The number of likely N-dealkylation sites (tertiary alicyclic amines) is 1. The molecule has 0 spiro atoms. The fourth-order valence-electron chi connectivity index (χ4n) is 2.16. The van der Waals surface area contributed by atoms with E-state index < -0.39 is 10.8 Å². The van der Waals surface area contributed by atoms with Gasteiger partial charge in [-0.25, -0.2) is 0 Å². The van der Waals surface area contributed by atoms with Gasteiger partial charge in [0.2, 0.25) is 5.16 Å². The van der Waals surface area contributed by atoms with E-state index in [1.807, 2.05) is 4.57 Å². The van der Waals surface area contributed by atoms with E-state index in [4.69, 9.17) is 0 Å². The Labute approximate surface area is 105 Å². The second-order valence-electron chi connectivity index (χ2n) is 4.79. The fourth-order valence-corrected chi connectivity index (χ4v) is 2.79. The lowest BCUT2D eigenvalue weighted by Crippen LogP contribution is -2.35. The highest BCUT2D eigenvalue weighted by Crippen LogP contribution is 2.15. The lowest BCUT2D eigenvalue weighted by Gasteiger charge is -2.30. The minimum absolute atomic E-state index is 0.579. The number of hydrogen-bond acceptors (Lipinski definition) is 4. The summed E-state index contributed by atoms with van der Waals surface area (Å²) in [6.45, 7) is 6.49. The minimum atomic E-state index is -1.05. The van der Waals surface area contributed by atoms with Crippen molar-refractivity contribution in [3.8, 4) is 0 Å². The molecule has 2 rings (SSSR count). The second-order valence-corrected chi connectivity index (χ2v) is 6.06. The van der Waals surface area contributed by atoms with Crippen LogP contribution >= 0.6 is 0 Å². The highest BCUT2D eigenvalue weighted by molar-refractivity contribution is 7.84. The van der Waals surface area contributed by atoms with Gasteiger partial charge in [0.1, 0.15) is 6.33 Å². The highest BCUT2D eigenvalue weighted by atomic mass is 32.2. The lowest BCUT2D eigenvalue weighted by atomic mass is 9.99. The SMILES string of the molecule is CC1CCN(CCn2cnnc2S(C)=O)CC1. The van der Waals surface area contributed by atoms with E-state index in [0.29, 0.717) is 5.16 Å². The van der Waals surface area contributed by atoms with Crippen LogP contribution in [0.15, 0.2) is 11.5 Å². The minimum Gasteiger partial charge on any atom is -0.305 e. The molecule has 1 aromatic rings. The first-order chi connectivity index (χ1) is 8.16. The smallest absolute Gasteiger partial charge is 0.221 e. The first-order valence-corrected chi connectivity index (χ1v) is 7.66. The van der Waals surface area contributed by atoms with Crippen LogP contribution in [-0.4, -0.2) is 49.8 Å². The monoisotopic (exact) mass is 256 g/mol. The van der Waals surface area contributed by atoms with Crippen molar-refractivity contribution in [1.29, 1.82) is 0 Å². The summed E-state index contributed by atoms with van der Waals surface area (Å²) in [5.41, 5.74) is 0. The lowest BCUT2D eigenvalue weighted by molar-refractivity contribution is 0.185. The molecular formula is C11H20N4OS. The van der Waals surface area contributed by atoms with Crippen LogP contribution in [0.25, 0.3) is 0 Å². The van der Waals surface area contributed by atoms with Gasteiger partial charge in [0, 0.05) is 19.3 Å². The topological polar surface area (TPSA) is 51.0 Å². The summed E-state index contributed by atoms with van der Waals surface area (Å²) in [7, 11) is -1.05. The molecule has 0 radical (unpaired) electrons. The van der Waals surface area contributed by atoms with Gasteiger partial charge in [-0.2, -0.15) is 0 Å². The van der Waals surface area contributed by atoms with E-state index in [2.05, 4.69) is 22.0 Å². The van der Waals surface area contributed by atoms with E-state index in [-0.39, 0.29) is 0 Å². The summed E-state index contributed by atoms with van der Waals surface area (Å²) in [5, 5.41) is 8.29. The Balaban J connectivity index is 1.85. The number of hydrogen-bond donors (Lipinski definition) is 0. The summed E-state index contributed by atoms with van der Waals surface area (Å²) in [4.78, 5) is 2.46. The molecule has 0 bridgehead atoms. The molecule has 1 fully saturated rings. The Bertz CT molecular complexity index is 385. The molecule has 2 heterocycles. The average Bonchev–Trinajstić information content (AvgIpc) is 2.76. The van der Waals surface area contributed by atoms with Crippen molar-refractivity contribution in [2.75, 3.05) is 25.9 Å². The molecule has 0 N–H and O–H groups in total. The molecular weight excluding hydrogens is 236 g/mol. The van der Waals surface area contributed by atoms with Crippen LogP contribution in [0, 0.1) is 5.92 Å². The Kier molecular flexibility index (Phi) is 4.28. The molecule has 0 saturated carbocycles. The van der Waals surface area contributed by atoms with Gasteiger partial charge >= 0.3 is 0 Å². The third-order valence-electron chi connectivity index (χ3n) is 3.37. The average molecular weight is 256 g/mol. The van der Waals surface area contributed by atoms with Crippen molar-refractivity contribution >= 4 is 10.8 Å². The Hall–Kier alpha value is -0.750. The molecule has 1 saturated heterocycles. The maximum Gasteiger partial charge on any atom is 0.221 e. The first-order valence-electron chi connectivity index (χ1n) is 6.10. The summed E-state index contributed by atoms with van der Waals surface area (Å²) >= 11 is 0. The summed E-state index contributed by atoms with van der Waals surface area (Å²) < 4.78 is 13.3. The molecule has 17 heavy (non-hydrogen) atoms. The van der Waals surface area contributed by atoms with Crippen molar-refractivity contribution in [3.05, 3.63) is 6.33 Å². The highest BCUT2D eigenvalue weighted by Gasteiger charge is 2.16. The third kappa shape index (κ3) is 3.35. The van der Waals surface area contributed by atoms with Gasteiger partial charge < -0.3 is 9.47 Å². The summed E-state index contributed by atoms with van der Waals surface area (Å²) in [6, 6.07) is 0. The molecule has 0 aromatic carbocycles. The van der Waals surface area contributed by atoms with Crippen molar-refractivity contribution < 1.29 is 4.21 Å². The molecule has 5 nitrogen and oxygen atoms in total. The number of nitrogens with zero attached hydrogens (tertiary/aromatic N) is 4. The molecule has 1 aliphatic rings. The first kappa shape index (κ1) is 12.7. The second kappa shape index (κ2) is 5.73. The number of aromatic nitrogens is 3. The molecule has 96 valence electrons. The molecule has 6 heteroatoms. The van der Waals surface area contributed by atoms with Crippen LogP contribution in [0.4, 0.5) is 0 Å². The van der Waals surface area contributed by atoms with Gasteiger partial charge in [0.05, 0.1) is 10.8 Å². The van der Waals surface area contributed by atoms with Gasteiger partial charge in [0.25, 0.3) is 0 Å². The summed E-state index contributed by atoms with van der Waals surface area (Å²) in [5.74, 6) is 0.861. The molecule has 1 aliphatic heterocycles. The molecule has 1 unspecified atom stereocenters. The maximum absolute atomic E-state index is 11.4. The third-order valence-corrected chi connectivity index (χ3v) is 4.20. The number of rotatable bonds is 4. The zero-order valence-corrected chi connectivity index (χ0v) is 11.3. The maximum atomic E-state index is 11.4. The molecule has 0 amide bonds. The van der Waals surface area contributed by atoms with Gasteiger partial charge in [-0.3, -0.25) is 4.21 Å². The zero-order chi connectivity index (χ0) is 12.3. The standard InChI is InChI=1S/C11H20N4OS/c1-10-3-5-14(6-4-10)7-8-15-9-12-13-11(15)17(2)16/h9-10H,3-8H2,1-2H3. The van der Waals surface area contributed by atoms with Crippen LogP contribution < -0.4 is 0 Å². The van der Waals surface area contributed by atoms with Crippen molar-refractivity contribution in [1.82, 2.24) is 19.7 Å². The Morgan fingerprint density at radius 1 is 1.41 bits per heavy atom. The summed E-state index contributed by atoms with van der Waals surface area (Å²) in [6.07, 6.45) is 5.88. The van der Waals surface area contributed by atoms with Crippen LogP contribution in [0.3, 0.4) is 0 Å². The Morgan fingerprint density at radius 2 is 2.12 bits per heavy atom. The molecule has 1 atom stereocenters. The van der Waals surface area contributed by atoms with Crippen molar-refractivity contribution in [3.63, 3.8) is 0 Å². The van der Waals surface area contributed by atoms with E-state index in [1.54, 1.807) is 12.6 Å². The predicted molar refractivity (Wildman–Crippen MR) is 67.2 cm³/mol. The van der Waals surface area contributed by atoms with E-state index in [9.17, 15) is 4.21 Å². The van der Waals surface area contributed by atoms with Gasteiger partial charge in [-0.1, -0.05) is 6.92 Å². The van der Waals surface area contributed by atoms with E-state index in [1.165, 1.54) is 25.9 Å². The molecule has 1 aromatic heterocycles. The number of piperidine rings is 1. The van der Waals surface area contributed by atoms with Gasteiger partial charge in [-0.05, 0) is 31.8 Å². The quantitative estimate of drug-likeness (QED) is 0.797. The van der Waals surface area contributed by atoms with Crippen molar-refractivity contribution in [2.24, 2.45) is 5.92 Å². The van der Waals surface area contributed by atoms with E-state index in [0.717, 1.165) is 19.0 Å². The van der Waals surface area contributed by atoms with Crippen LogP contribution in [0.1, 0.15) is 19.8 Å². The Morgan fingerprint density at radius 3 is 2.76 bits per heavy atom. The normalized spacial score (nSPS) is 20.6. The predicted octanol–water partition coefficient (Wildman–Crippen LogP) is 0.747. The van der Waals surface area contributed by atoms with Crippen LogP contribution in [-0.2, 0) is 17.3 Å². The zero-order valence-electron chi connectivity index (χ0n) is 10.5. The van der Waals surface area contributed by atoms with Crippen LogP contribution in [0.5, 0.6) is 0 Å². The van der Waals surface area contributed by atoms with Crippen molar-refractivity contribution in [2.45, 2.75) is 31.5 Å². The van der Waals surface area contributed by atoms with Gasteiger partial charge in [0.15, 0.2) is 0 Å². The van der Waals surface area contributed by atoms with Crippen LogP contribution in [0.2, 0.25) is 0 Å². The van der Waals surface area contributed by atoms with E-state index >= 15 is 0 Å².